The van der Waals surface area contributed by atoms with Gasteiger partial charge >= 0.3 is 11.9 Å². The van der Waals surface area contributed by atoms with Gasteiger partial charge in [0.25, 0.3) is 0 Å². The third kappa shape index (κ3) is 3.50. The maximum absolute atomic E-state index is 11.8. The number of rotatable bonds is 5. The summed E-state index contributed by atoms with van der Waals surface area (Å²) in [6.45, 7) is 1.65. The normalized spacial score (nSPS) is 16.7. The Balaban J connectivity index is 2.27. The van der Waals surface area contributed by atoms with Crippen molar-refractivity contribution in [3.8, 4) is 0 Å². The van der Waals surface area contributed by atoms with Gasteiger partial charge in [-0.15, -0.1) is 0 Å². The van der Waals surface area contributed by atoms with E-state index in [0.717, 1.165) is 0 Å². The molecule has 0 aliphatic carbocycles. The van der Waals surface area contributed by atoms with E-state index in [9.17, 15) is 20.0 Å². The van der Waals surface area contributed by atoms with Crippen LogP contribution >= 0.6 is 0 Å². The van der Waals surface area contributed by atoms with Crippen molar-refractivity contribution in [3.05, 3.63) is 87.3 Å². The number of benzene rings is 1. The van der Waals surface area contributed by atoms with Gasteiger partial charge in [-0.05, 0) is 19.1 Å². The molecule has 0 amide bonds. The summed E-state index contributed by atoms with van der Waals surface area (Å²) in [7, 11) is 1.21. The van der Waals surface area contributed by atoms with Crippen LogP contribution in [0.4, 0.5) is 5.69 Å². The summed E-state index contributed by atoms with van der Waals surface area (Å²) < 4.78 is 5.07. The highest BCUT2D eigenvalue weighted by molar-refractivity contribution is 5.87. The molecule has 1 aliphatic heterocycles. The molecule has 0 fully saturated rings. The Kier molecular flexibility index (Phi) is 5.25. The standard InChI is InChI=1S/C19H18N4O5/c1-11-16(15(18(28-2)23(26)27)12-6-5-9-20-10-12)22-14-8-4-3-7-13(14)17(21-11)19(24)25/h3-10,17,21-22H,1-2H3,(H,24,25). The van der Waals surface area contributed by atoms with Crippen LogP contribution in [0.2, 0.25) is 0 Å². The molecule has 0 saturated carbocycles. The van der Waals surface area contributed by atoms with E-state index in [-0.39, 0.29) is 5.57 Å². The van der Waals surface area contributed by atoms with E-state index in [1.165, 1.54) is 13.3 Å². The molecule has 1 aromatic carbocycles. The second kappa shape index (κ2) is 7.78. The third-order valence-electron chi connectivity index (χ3n) is 4.29. The van der Waals surface area contributed by atoms with Crippen molar-refractivity contribution in [1.29, 1.82) is 0 Å². The van der Waals surface area contributed by atoms with E-state index in [0.29, 0.717) is 28.2 Å². The lowest BCUT2D eigenvalue weighted by Crippen LogP contribution is -2.27. The number of hydrogen-bond donors (Lipinski definition) is 3. The Hall–Kier alpha value is -3.88. The fourth-order valence-corrected chi connectivity index (χ4v) is 3.06. The summed E-state index contributed by atoms with van der Waals surface area (Å²) >= 11 is 0. The minimum absolute atomic E-state index is 0.159. The molecule has 0 spiro atoms. The molecule has 1 aliphatic rings. The molecule has 9 heteroatoms. The Morgan fingerprint density at radius 2 is 2.04 bits per heavy atom. The first-order valence-corrected chi connectivity index (χ1v) is 8.33. The van der Waals surface area contributed by atoms with Crippen molar-refractivity contribution in [2.24, 2.45) is 0 Å². The number of allylic oxidation sites excluding steroid dienone is 2. The maximum atomic E-state index is 11.8. The summed E-state index contributed by atoms with van der Waals surface area (Å²) in [5.41, 5.74) is 2.39. The number of para-hydroxylation sites is 1. The predicted octanol–water partition coefficient (Wildman–Crippen LogP) is 2.75. The van der Waals surface area contributed by atoms with Gasteiger partial charge in [0, 0.05) is 34.9 Å². The Morgan fingerprint density at radius 3 is 2.64 bits per heavy atom. The van der Waals surface area contributed by atoms with Crippen LogP contribution in [0.5, 0.6) is 0 Å². The number of hydrogen-bond acceptors (Lipinski definition) is 7. The molecule has 1 atom stereocenters. The second-order valence-electron chi connectivity index (χ2n) is 6.01. The zero-order valence-electron chi connectivity index (χ0n) is 15.2. The van der Waals surface area contributed by atoms with Crippen molar-refractivity contribution in [2.45, 2.75) is 13.0 Å². The molecular formula is C19H18N4O5. The van der Waals surface area contributed by atoms with Crippen LogP contribution in [0, 0.1) is 10.1 Å². The fraction of sp³-hybridized carbons (Fsp3) is 0.158. The first-order chi connectivity index (χ1) is 13.4. The van der Waals surface area contributed by atoms with Gasteiger partial charge in [-0.25, -0.2) is 4.79 Å². The van der Waals surface area contributed by atoms with Crippen molar-refractivity contribution in [1.82, 2.24) is 10.3 Å². The number of carbonyl (C=O) groups is 1. The number of ether oxygens (including phenoxy) is 1. The van der Waals surface area contributed by atoms with Gasteiger partial charge in [-0.3, -0.25) is 15.1 Å². The van der Waals surface area contributed by atoms with Crippen LogP contribution in [-0.2, 0) is 9.53 Å². The van der Waals surface area contributed by atoms with Crippen molar-refractivity contribution >= 4 is 17.2 Å². The quantitative estimate of drug-likeness (QED) is 0.409. The molecule has 28 heavy (non-hydrogen) atoms. The molecule has 9 nitrogen and oxygen atoms in total. The second-order valence-corrected chi connectivity index (χ2v) is 6.01. The largest absolute Gasteiger partial charge is 0.479 e. The lowest BCUT2D eigenvalue weighted by atomic mass is 10.0. The minimum atomic E-state index is -1.07. The molecule has 3 N–H and O–H groups in total. The SMILES string of the molecule is COC(=C(C1=C(C)NC(C(=O)O)c2ccccc2N1)c1cccnc1)[N+](=O)[O-]. The van der Waals surface area contributed by atoms with E-state index in [2.05, 4.69) is 15.6 Å². The van der Waals surface area contributed by atoms with Crippen LogP contribution in [0.15, 0.2) is 66.1 Å². The maximum Gasteiger partial charge on any atom is 0.437 e. The van der Waals surface area contributed by atoms with Crippen molar-refractivity contribution < 1.29 is 19.6 Å². The Labute approximate surface area is 160 Å². The highest BCUT2D eigenvalue weighted by Crippen LogP contribution is 2.35. The number of nitro groups is 1. The van der Waals surface area contributed by atoms with Crippen molar-refractivity contribution in [2.75, 3.05) is 12.4 Å². The van der Waals surface area contributed by atoms with Gasteiger partial charge in [0.1, 0.15) is 10.5 Å². The highest BCUT2D eigenvalue weighted by Gasteiger charge is 2.32. The molecule has 144 valence electrons. The summed E-state index contributed by atoms with van der Waals surface area (Å²) in [6.07, 6.45) is 3.03. The predicted molar refractivity (Wildman–Crippen MR) is 101 cm³/mol. The molecule has 0 bridgehead atoms. The van der Waals surface area contributed by atoms with Crippen LogP contribution < -0.4 is 10.6 Å². The molecule has 1 unspecified atom stereocenters. The van der Waals surface area contributed by atoms with Gasteiger partial charge < -0.3 is 20.5 Å². The van der Waals surface area contributed by atoms with Crippen LogP contribution in [0.1, 0.15) is 24.1 Å². The topological polar surface area (TPSA) is 127 Å². The van der Waals surface area contributed by atoms with Gasteiger partial charge in [0.15, 0.2) is 6.04 Å². The number of aromatic nitrogens is 1. The number of anilines is 1. The van der Waals surface area contributed by atoms with E-state index in [4.69, 9.17) is 4.74 Å². The zero-order chi connectivity index (χ0) is 20.3. The van der Waals surface area contributed by atoms with Gasteiger partial charge in [0.2, 0.25) is 0 Å². The summed E-state index contributed by atoms with van der Waals surface area (Å²) in [4.78, 5) is 26.8. The number of aliphatic carboxylic acids is 1. The van der Waals surface area contributed by atoms with Gasteiger partial charge in [-0.2, -0.15) is 0 Å². The smallest absolute Gasteiger partial charge is 0.437 e. The van der Waals surface area contributed by atoms with E-state index in [1.807, 2.05) is 0 Å². The minimum Gasteiger partial charge on any atom is -0.479 e. The highest BCUT2D eigenvalue weighted by atomic mass is 16.7. The molecule has 3 rings (SSSR count). The van der Waals surface area contributed by atoms with Gasteiger partial charge in [0.05, 0.1) is 12.8 Å². The molecule has 0 radical (unpaired) electrons. The average Bonchev–Trinajstić information content (AvgIpc) is 2.83. The van der Waals surface area contributed by atoms with E-state index in [1.54, 1.807) is 49.5 Å². The van der Waals surface area contributed by atoms with Crippen LogP contribution in [0.3, 0.4) is 0 Å². The zero-order valence-corrected chi connectivity index (χ0v) is 15.2. The first kappa shape index (κ1) is 18.9. The van der Waals surface area contributed by atoms with Crippen molar-refractivity contribution in [3.63, 3.8) is 0 Å². The summed E-state index contributed by atoms with van der Waals surface area (Å²) in [6, 6.07) is 9.18. The molecule has 2 aromatic rings. The number of nitrogens with one attached hydrogen (secondary N) is 2. The number of carboxylic acids is 1. The lowest BCUT2D eigenvalue weighted by Gasteiger charge is -2.16. The van der Waals surface area contributed by atoms with Crippen LogP contribution in [-0.4, -0.2) is 28.1 Å². The first-order valence-electron chi connectivity index (χ1n) is 8.33. The number of methoxy groups -OCH3 is 1. The summed E-state index contributed by atoms with van der Waals surface area (Å²) in [5.74, 6) is -1.55. The summed E-state index contributed by atoms with van der Waals surface area (Å²) in [5, 5.41) is 27.4. The van der Waals surface area contributed by atoms with Gasteiger partial charge in [-0.1, -0.05) is 24.3 Å². The molecule has 1 aromatic heterocycles. The fourth-order valence-electron chi connectivity index (χ4n) is 3.06. The third-order valence-corrected chi connectivity index (χ3v) is 4.29. The number of fused-ring (bicyclic) bond motifs is 1. The average molecular weight is 382 g/mol. The number of nitrogens with zero attached hydrogens (tertiary/aromatic N) is 2. The lowest BCUT2D eigenvalue weighted by molar-refractivity contribution is -0.460. The van der Waals surface area contributed by atoms with Crippen LogP contribution in [0.25, 0.3) is 5.57 Å². The number of pyridine rings is 1. The molecule has 0 saturated heterocycles. The Morgan fingerprint density at radius 1 is 1.29 bits per heavy atom. The van der Waals surface area contributed by atoms with E-state index < -0.39 is 22.8 Å². The van der Waals surface area contributed by atoms with E-state index >= 15 is 0 Å². The monoisotopic (exact) mass is 382 g/mol. The molecular weight excluding hydrogens is 364 g/mol. The number of carboxylic acid groups (broad SMARTS) is 1. The molecule has 2 heterocycles. The Bertz CT molecular complexity index is 985.